The van der Waals surface area contributed by atoms with E-state index in [2.05, 4.69) is 5.32 Å². The molecule has 1 N–H and O–H groups in total. The number of hydrogen-bond donors (Lipinski definition) is 1. The van der Waals surface area contributed by atoms with Crippen molar-refractivity contribution in [2.24, 2.45) is 0 Å². The maximum absolute atomic E-state index is 12.9. The summed E-state index contributed by atoms with van der Waals surface area (Å²) in [4.78, 5) is 11.2. The van der Waals surface area contributed by atoms with Crippen LogP contribution in [0.4, 0.5) is 4.39 Å². The van der Waals surface area contributed by atoms with Crippen molar-refractivity contribution in [1.29, 1.82) is 0 Å². The summed E-state index contributed by atoms with van der Waals surface area (Å²) in [6, 6.07) is 6.51. The van der Waals surface area contributed by atoms with Crippen molar-refractivity contribution < 1.29 is 13.9 Å². The first-order chi connectivity index (χ1) is 9.22. The van der Waals surface area contributed by atoms with Gasteiger partial charge < -0.3 is 10.1 Å². The zero-order valence-corrected chi connectivity index (χ0v) is 11.5. The molecule has 0 heterocycles. The van der Waals surface area contributed by atoms with Gasteiger partial charge in [0.05, 0.1) is 6.61 Å². The van der Waals surface area contributed by atoms with E-state index in [9.17, 15) is 9.18 Å². The van der Waals surface area contributed by atoms with E-state index in [0.717, 1.165) is 31.4 Å². The Morgan fingerprint density at radius 3 is 2.95 bits per heavy atom. The molecule has 4 heteroatoms. The third-order valence-electron chi connectivity index (χ3n) is 2.71. The minimum absolute atomic E-state index is 0.119. The molecule has 0 fully saturated rings. The number of carbonyl (C=O) groups excluding carboxylic acids is 1. The molecule has 1 aromatic carbocycles. The molecule has 0 amide bonds. The average Bonchev–Trinajstić information content (AvgIpc) is 2.40. The summed E-state index contributed by atoms with van der Waals surface area (Å²) in [6.07, 6.45) is 3.17. The van der Waals surface area contributed by atoms with Crippen LogP contribution in [0.25, 0.3) is 0 Å². The Bertz CT molecular complexity index is 382. The van der Waals surface area contributed by atoms with Gasteiger partial charge in [-0.3, -0.25) is 4.79 Å². The van der Waals surface area contributed by atoms with Gasteiger partial charge in [-0.05, 0) is 37.1 Å². The van der Waals surface area contributed by atoms with Crippen molar-refractivity contribution in [1.82, 2.24) is 5.32 Å². The van der Waals surface area contributed by atoms with Crippen LogP contribution in [0.5, 0.6) is 0 Å². The highest BCUT2D eigenvalue weighted by molar-refractivity contribution is 5.69. The summed E-state index contributed by atoms with van der Waals surface area (Å²) in [5, 5.41) is 3.19. The second-order valence-electron chi connectivity index (χ2n) is 4.48. The summed E-state index contributed by atoms with van der Waals surface area (Å²) in [7, 11) is 0. The van der Waals surface area contributed by atoms with Crippen molar-refractivity contribution in [3.63, 3.8) is 0 Å². The molecule has 0 atom stereocenters. The first kappa shape index (κ1) is 15.6. The Balaban J connectivity index is 2.01. The monoisotopic (exact) mass is 267 g/mol. The fourth-order valence-corrected chi connectivity index (χ4v) is 1.66. The molecule has 0 unspecified atom stereocenters. The summed E-state index contributed by atoms with van der Waals surface area (Å²) >= 11 is 0. The van der Waals surface area contributed by atoms with Gasteiger partial charge in [0.15, 0.2) is 0 Å². The van der Waals surface area contributed by atoms with Crippen molar-refractivity contribution in [3.05, 3.63) is 35.6 Å². The number of halogens is 1. The van der Waals surface area contributed by atoms with Gasteiger partial charge in [0.1, 0.15) is 5.82 Å². The van der Waals surface area contributed by atoms with Crippen LogP contribution in [-0.4, -0.2) is 19.1 Å². The highest BCUT2D eigenvalue weighted by Crippen LogP contribution is 2.02. The minimum Gasteiger partial charge on any atom is -0.466 e. The maximum Gasteiger partial charge on any atom is 0.305 e. The van der Waals surface area contributed by atoms with Crippen LogP contribution in [0.2, 0.25) is 0 Å². The lowest BCUT2D eigenvalue weighted by Gasteiger charge is -2.06. The topological polar surface area (TPSA) is 38.3 Å². The molecule has 3 nitrogen and oxygen atoms in total. The van der Waals surface area contributed by atoms with E-state index in [0.29, 0.717) is 19.6 Å². The number of hydrogen-bond acceptors (Lipinski definition) is 3. The lowest BCUT2D eigenvalue weighted by atomic mass is 10.2. The highest BCUT2D eigenvalue weighted by Gasteiger charge is 2.01. The molecular weight excluding hydrogens is 245 g/mol. The van der Waals surface area contributed by atoms with E-state index in [-0.39, 0.29) is 11.8 Å². The largest absolute Gasteiger partial charge is 0.466 e. The Kier molecular flexibility index (Phi) is 7.82. The number of benzene rings is 1. The fourth-order valence-electron chi connectivity index (χ4n) is 1.66. The zero-order chi connectivity index (χ0) is 13.9. The van der Waals surface area contributed by atoms with E-state index in [1.54, 1.807) is 6.07 Å². The van der Waals surface area contributed by atoms with Gasteiger partial charge in [0.25, 0.3) is 0 Å². The fraction of sp³-hybridized carbons (Fsp3) is 0.533. The number of carbonyl (C=O) groups is 1. The molecule has 0 bridgehead atoms. The van der Waals surface area contributed by atoms with Gasteiger partial charge in [-0.1, -0.05) is 25.5 Å². The first-order valence-electron chi connectivity index (χ1n) is 6.83. The predicted molar refractivity (Wildman–Crippen MR) is 73.2 cm³/mol. The molecule has 19 heavy (non-hydrogen) atoms. The third-order valence-corrected chi connectivity index (χ3v) is 2.71. The predicted octanol–water partition coefficient (Wildman–Crippen LogP) is 3.04. The molecular formula is C15H22FNO2. The normalized spacial score (nSPS) is 10.4. The molecule has 0 radical (unpaired) electrons. The molecule has 0 saturated carbocycles. The van der Waals surface area contributed by atoms with E-state index in [4.69, 9.17) is 4.74 Å². The Morgan fingerprint density at radius 1 is 1.37 bits per heavy atom. The van der Waals surface area contributed by atoms with Gasteiger partial charge >= 0.3 is 5.97 Å². The SMILES string of the molecule is CCCCC(=O)OCCCNCc1cccc(F)c1. The smallest absolute Gasteiger partial charge is 0.305 e. The summed E-state index contributed by atoms with van der Waals surface area (Å²) < 4.78 is 18.0. The van der Waals surface area contributed by atoms with Crippen LogP contribution in [0.3, 0.4) is 0 Å². The summed E-state index contributed by atoms with van der Waals surface area (Å²) in [5.41, 5.74) is 0.917. The zero-order valence-electron chi connectivity index (χ0n) is 11.5. The van der Waals surface area contributed by atoms with Crippen LogP contribution in [0.1, 0.15) is 38.2 Å². The summed E-state index contributed by atoms with van der Waals surface area (Å²) in [5.74, 6) is -0.337. The Hall–Kier alpha value is -1.42. The third kappa shape index (κ3) is 7.57. The van der Waals surface area contributed by atoms with Crippen molar-refractivity contribution in [2.75, 3.05) is 13.2 Å². The standard InChI is InChI=1S/C15H22FNO2/c1-2-3-8-15(18)19-10-5-9-17-12-13-6-4-7-14(16)11-13/h4,6-7,11,17H,2-3,5,8-10,12H2,1H3. The van der Waals surface area contributed by atoms with Crippen LogP contribution >= 0.6 is 0 Å². The second-order valence-corrected chi connectivity index (χ2v) is 4.48. The van der Waals surface area contributed by atoms with E-state index in [1.807, 2.05) is 13.0 Å². The maximum atomic E-state index is 12.9. The van der Waals surface area contributed by atoms with E-state index in [1.165, 1.54) is 12.1 Å². The van der Waals surface area contributed by atoms with Crippen molar-refractivity contribution in [3.8, 4) is 0 Å². The lowest BCUT2D eigenvalue weighted by Crippen LogP contribution is -2.17. The molecule has 1 aromatic rings. The quantitative estimate of drug-likeness (QED) is 0.552. The number of nitrogens with one attached hydrogen (secondary N) is 1. The van der Waals surface area contributed by atoms with Crippen LogP contribution in [-0.2, 0) is 16.1 Å². The van der Waals surface area contributed by atoms with Gasteiger partial charge in [0.2, 0.25) is 0 Å². The molecule has 106 valence electrons. The molecule has 1 rings (SSSR count). The van der Waals surface area contributed by atoms with E-state index >= 15 is 0 Å². The van der Waals surface area contributed by atoms with Crippen LogP contribution in [0, 0.1) is 5.82 Å². The minimum atomic E-state index is -0.218. The number of esters is 1. The second kappa shape index (κ2) is 9.50. The molecule has 0 spiro atoms. The van der Waals surface area contributed by atoms with Gasteiger partial charge in [0, 0.05) is 13.0 Å². The number of rotatable bonds is 9. The van der Waals surface area contributed by atoms with E-state index < -0.39 is 0 Å². The molecule has 0 aliphatic carbocycles. The summed E-state index contributed by atoms with van der Waals surface area (Å²) in [6.45, 7) is 3.86. The van der Waals surface area contributed by atoms with Crippen molar-refractivity contribution >= 4 is 5.97 Å². The molecule has 0 aromatic heterocycles. The first-order valence-corrected chi connectivity index (χ1v) is 6.83. The van der Waals surface area contributed by atoms with Gasteiger partial charge in [-0.25, -0.2) is 4.39 Å². The van der Waals surface area contributed by atoms with Gasteiger partial charge in [-0.2, -0.15) is 0 Å². The van der Waals surface area contributed by atoms with Crippen LogP contribution < -0.4 is 5.32 Å². The number of unbranched alkanes of at least 4 members (excludes halogenated alkanes) is 1. The Morgan fingerprint density at radius 2 is 2.21 bits per heavy atom. The highest BCUT2D eigenvalue weighted by atomic mass is 19.1. The number of ether oxygens (including phenoxy) is 1. The molecule has 0 saturated heterocycles. The molecule has 0 aliphatic rings. The molecule has 0 aliphatic heterocycles. The van der Waals surface area contributed by atoms with Crippen molar-refractivity contribution in [2.45, 2.75) is 39.2 Å². The van der Waals surface area contributed by atoms with Gasteiger partial charge in [-0.15, -0.1) is 0 Å². The lowest BCUT2D eigenvalue weighted by molar-refractivity contribution is -0.143. The van der Waals surface area contributed by atoms with Crippen LogP contribution in [0.15, 0.2) is 24.3 Å². The average molecular weight is 267 g/mol. The Labute approximate surface area is 114 Å².